The van der Waals surface area contributed by atoms with Crippen molar-refractivity contribution in [3.63, 3.8) is 0 Å². The monoisotopic (exact) mass is 413 g/mol. The molecule has 2 rings (SSSR count). The van der Waals surface area contributed by atoms with Crippen molar-refractivity contribution in [1.29, 1.82) is 0 Å². The van der Waals surface area contributed by atoms with E-state index < -0.39 is 10.0 Å². The lowest BCUT2D eigenvalue weighted by atomic mass is 10.2. The van der Waals surface area contributed by atoms with E-state index in [1.54, 1.807) is 50.6 Å². The van der Waals surface area contributed by atoms with Crippen molar-refractivity contribution >= 4 is 26.0 Å². The van der Waals surface area contributed by atoms with Crippen LogP contribution in [0.4, 0.5) is 0 Å². The van der Waals surface area contributed by atoms with E-state index in [2.05, 4.69) is 15.9 Å². The molecule has 0 spiro atoms. The van der Waals surface area contributed by atoms with Crippen LogP contribution >= 0.6 is 15.9 Å². The Morgan fingerprint density at radius 2 is 1.62 bits per heavy atom. The molecule has 0 fully saturated rings. The number of sulfonamides is 1. The Balaban J connectivity index is 2.30. The SMILES string of the molecule is CCN(Cc1ccc(OC)c(OC)c1)S(=O)(=O)c1ccc(Br)cc1. The van der Waals surface area contributed by atoms with Gasteiger partial charge >= 0.3 is 0 Å². The summed E-state index contributed by atoms with van der Waals surface area (Å²) in [5.74, 6) is 1.19. The van der Waals surface area contributed by atoms with Crippen molar-refractivity contribution in [2.24, 2.45) is 0 Å². The van der Waals surface area contributed by atoms with Gasteiger partial charge in [-0.2, -0.15) is 4.31 Å². The fourth-order valence-electron chi connectivity index (χ4n) is 2.30. The molecule has 5 nitrogen and oxygen atoms in total. The van der Waals surface area contributed by atoms with Crippen LogP contribution in [0.25, 0.3) is 0 Å². The number of hydrogen-bond donors (Lipinski definition) is 0. The molecular formula is C17H20BrNO4S. The van der Waals surface area contributed by atoms with Gasteiger partial charge in [0.05, 0.1) is 19.1 Å². The first kappa shape index (κ1) is 18.8. The highest BCUT2D eigenvalue weighted by molar-refractivity contribution is 9.10. The zero-order valence-corrected chi connectivity index (χ0v) is 16.2. The number of rotatable bonds is 7. The maximum Gasteiger partial charge on any atom is 0.243 e. The average Bonchev–Trinajstić information content (AvgIpc) is 2.59. The molecule has 0 aliphatic rings. The van der Waals surface area contributed by atoms with E-state index in [9.17, 15) is 8.42 Å². The minimum absolute atomic E-state index is 0.259. The molecule has 0 bridgehead atoms. The number of nitrogens with zero attached hydrogens (tertiary/aromatic N) is 1. The molecule has 7 heteroatoms. The quantitative estimate of drug-likeness (QED) is 0.694. The van der Waals surface area contributed by atoms with Crippen molar-refractivity contribution in [2.75, 3.05) is 20.8 Å². The zero-order chi connectivity index (χ0) is 17.7. The fraction of sp³-hybridized carbons (Fsp3) is 0.294. The molecule has 0 N–H and O–H groups in total. The summed E-state index contributed by atoms with van der Waals surface area (Å²) < 4.78 is 38.4. The molecule has 24 heavy (non-hydrogen) atoms. The van der Waals surface area contributed by atoms with Gasteiger partial charge < -0.3 is 9.47 Å². The third-order valence-corrected chi connectivity index (χ3v) is 6.07. The zero-order valence-electron chi connectivity index (χ0n) is 13.8. The van der Waals surface area contributed by atoms with Crippen molar-refractivity contribution in [3.8, 4) is 11.5 Å². The number of halogens is 1. The lowest BCUT2D eigenvalue weighted by molar-refractivity contribution is 0.353. The molecule has 0 aliphatic carbocycles. The summed E-state index contributed by atoms with van der Waals surface area (Å²) in [6, 6.07) is 12.0. The smallest absolute Gasteiger partial charge is 0.243 e. The first-order valence-corrected chi connectivity index (χ1v) is 9.62. The van der Waals surface area contributed by atoms with Crippen LogP contribution in [-0.2, 0) is 16.6 Å². The Kier molecular flexibility index (Phi) is 6.26. The summed E-state index contributed by atoms with van der Waals surface area (Å²) in [6.07, 6.45) is 0. The molecule has 2 aromatic rings. The molecule has 0 atom stereocenters. The number of benzene rings is 2. The van der Waals surface area contributed by atoms with Gasteiger partial charge in [-0.25, -0.2) is 8.42 Å². The van der Waals surface area contributed by atoms with Gasteiger partial charge in [-0.3, -0.25) is 0 Å². The first-order valence-electron chi connectivity index (χ1n) is 7.39. The van der Waals surface area contributed by atoms with Crippen LogP contribution < -0.4 is 9.47 Å². The standard InChI is InChI=1S/C17H20BrNO4S/c1-4-19(24(20,21)15-8-6-14(18)7-9-15)12-13-5-10-16(22-2)17(11-13)23-3/h5-11H,4,12H2,1-3H3. The highest BCUT2D eigenvalue weighted by atomic mass is 79.9. The van der Waals surface area contributed by atoms with Gasteiger partial charge in [0.15, 0.2) is 11.5 Å². The van der Waals surface area contributed by atoms with E-state index in [-0.39, 0.29) is 11.4 Å². The second-order valence-corrected chi connectivity index (χ2v) is 7.93. The Hall–Kier alpha value is -1.57. The molecule has 0 saturated carbocycles. The third kappa shape index (κ3) is 4.09. The first-order chi connectivity index (χ1) is 11.4. The van der Waals surface area contributed by atoms with Crippen LogP contribution in [0.3, 0.4) is 0 Å². The summed E-state index contributed by atoms with van der Waals surface area (Å²) in [6.45, 7) is 2.44. The summed E-state index contributed by atoms with van der Waals surface area (Å²) in [5.41, 5.74) is 0.829. The molecule has 130 valence electrons. The molecule has 0 unspecified atom stereocenters. The van der Waals surface area contributed by atoms with Gasteiger partial charge in [-0.1, -0.05) is 28.9 Å². The lowest BCUT2D eigenvalue weighted by Gasteiger charge is -2.21. The van der Waals surface area contributed by atoms with Crippen LogP contribution in [0.2, 0.25) is 0 Å². The summed E-state index contributed by atoms with van der Waals surface area (Å²) in [5, 5.41) is 0. The molecule has 0 aliphatic heterocycles. The molecular weight excluding hydrogens is 394 g/mol. The molecule has 2 aromatic carbocycles. The average molecular weight is 414 g/mol. The normalized spacial score (nSPS) is 11.5. The third-order valence-electron chi connectivity index (χ3n) is 3.61. The van der Waals surface area contributed by atoms with Crippen molar-refractivity contribution in [1.82, 2.24) is 4.31 Å². The fourth-order valence-corrected chi connectivity index (χ4v) is 4.01. The van der Waals surface area contributed by atoms with E-state index in [1.807, 2.05) is 13.0 Å². The Bertz CT molecular complexity index is 791. The van der Waals surface area contributed by atoms with Gasteiger partial charge in [0, 0.05) is 17.6 Å². The Morgan fingerprint density at radius 3 is 2.17 bits per heavy atom. The highest BCUT2D eigenvalue weighted by Crippen LogP contribution is 2.29. The van der Waals surface area contributed by atoms with Gasteiger partial charge in [0.2, 0.25) is 10.0 Å². The Morgan fingerprint density at radius 1 is 1.00 bits per heavy atom. The van der Waals surface area contributed by atoms with Gasteiger partial charge in [0.1, 0.15) is 0 Å². The summed E-state index contributed by atoms with van der Waals surface area (Å²) in [4.78, 5) is 0.271. The maximum absolute atomic E-state index is 12.8. The molecule has 0 amide bonds. The van der Waals surface area contributed by atoms with Gasteiger partial charge in [-0.15, -0.1) is 0 Å². The number of hydrogen-bond acceptors (Lipinski definition) is 4. The summed E-state index contributed by atoms with van der Waals surface area (Å²) in [7, 11) is -0.444. The highest BCUT2D eigenvalue weighted by Gasteiger charge is 2.23. The number of ether oxygens (including phenoxy) is 2. The second-order valence-electron chi connectivity index (χ2n) is 5.07. The lowest BCUT2D eigenvalue weighted by Crippen LogP contribution is -2.30. The molecule has 0 aromatic heterocycles. The van der Waals surface area contributed by atoms with Crippen LogP contribution in [0.15, 0.2) is 51.8 Å². The van der Waals surface area contributed by atoms with Crippen LogP contribution in [-0.4, -0.2) is 33.5 Å². The van der Waals surface area contributed by atoms with E-state index in [1.165, 1.54) is 4.31 Å². The predicted octanol–water partition coefficient (Wildman–Crippen LogP) is 3.68. The molecule has 0 heterocycles. The number of methoxy groups -OCH3 is 2. The van der Waals surface area contributed by atoms with E-state index in [0.29, 0.717) is 18.0 Å². The van der Waals surface area contributed by atoms with Crippen LogP contribution in [0.1, 0.15) is 12.5 Å². The molecule has 0 radical (unpaired) electrons. The van der Waals surface area contributed by atoms with Gasteiger partial charge in [-0.05, 0) is 42.0 Å². The summed E-state index contributed by atoms with van der Waals surface area (Å²) >= 11 is 3.32. The van der Waals surface area contributed by atoms with Crippen molar-refractivity contribution in [3.05, 3.63) is 52.5 Å². The van der Waals surface area contributed by atoms with E-state index >= 15 is 0 Å². The van der Waals surface area contributed by atoms with Crippen LogP contribution in [0.5, 0.6) is 11.5 Å². The minimum Gasteiger partial charge on any atom is -0.493 e. The predicted molar refractivity (Wildman–Crippen MR) is 97.0 cm³/mol. The molecule has 0 saturated heterocycles. The second kappa shape index (κ2) is 8.00. The van der Waals surface area contributed by atoms with Crippen molar-refractivity contribution in [2.45, 2.75) is 18.4 Å². The van der Waals surface area contributed by atoms with Crippen LogP contribution in [0, 0.1) is 0 Å². The topological polar surface area (TPSA) is 55.8 Å². The van der Waals surface area contributed by atoms with E-state index in [0.717, 1.165) is 10.0 Å². The van der Waals surface area contributed by atoms with Gasteiger partial charge in [0.25, 0.3) is 0 Å². The largest absolute Gasteiger partial charge is 0.493 e. The van der Waals surface area contributed by atoms with E-state index in [4.69, 9.17) is 9.47 Å². The minimum atomic E-state index is -3.56. The van der Waals surface area contributed by atoms with Crippen molar-refractivity contribution < 1.29 is 17.9 Å². The Labute approximate surface area is 151 Å². The maximum atomic E-state index is 12.8.